The summed E-state index contributed by atoms with van der Waals surface area (Å²) >= 11 is 0. The van der Waals surface area contributed by atoms with Crippen molar-refractivity contribution in [1.82, 2.24) is 19.5 Å². The molecule has 1 aromatic rings. The molecule has 1 unspecified atom stereocenters. The van der Waals surface area contributed by atoms with Gasteiger partial charge in [0.15, 0.2) is 0 Å². The zero-order chi connectivity index (χ0) is 21.0. The predicted molar refractivity (Wildman–Crippen MR) is 110 cm³/mol. The van der Waals surface area contributed by atoms with Crippen LogP contribution in [0.4, 0.5) is 0 Å². The van der Waals surface area contributed by atoms with Crippen LogP contribution in [-0.4, -0.2) is 66.6 Å². The molecule has 3 heterocycles. The van der Waals surface area contributed by atoms with Crippen LogP contribution < -0.4 is 5.32 Å². The molecular weight excluding hydrogens is 392 g/mol. The molecule has 162 valence electrons. The number of piperidine rings is 1. The summed E-state index contributed by atoms with van der Waals surface area (Å²) in [7, 11) is -3.76. The Morgan fingerprint density at radius 1 is 1.10 bits per heavy atom. The summed E-state index contributed by atoms with van der Waals surface area (Å²) in [6.45, 7) is 5.74. The fourth-order valence-corrected chi connectivity index (χ4v) is 5.54. The lowest BCUT2D eigenvalue weighted by molar-refractivity contribution is -0.126. The topological polar surface area (TPSA) is 103 Å². The van der Waals surface area contributed by atoms with Crippen LogP contribution in [0.1, 0.15) is 62.9 Å². The number of aromatic nitrogens is 1. The number of rotatable bonds is 5. The SMILES string of the molecule is CC(C)NC(=O)C1CCCN(S(=O)(=O)c2c[nH]c(C(=O)N3CCCCCC3)c2)C1. The molecule has 1 aromatic heterocycles. The van der Waals surface area contributed by atoms with Gasteiger partial charge in [0.2, 0.25) is 15.9 Å². The van der Waals surface area contributed by atoms with Gasteiger partial charge in [-0.15, -0.1) is 0 Å². The van der Waals surface area contributed by atoms with E-state index in [1.165, 1.54) is 16.6 Å². The average Bonchev–Trinajstić information content (AvgIpc) is 3.04. The molecule has 0 saturated carbocycles. The van der Waals surface area contributed by atoms with Crippen molar-refractivity contribution in [2.75, 3.05) is 26.2 Å². The van der Waals surface area contributed by atoms with Crippen LogP contribution in [0.3, 0.4) is 0 Å². The Morgan fingerprint density at radius 2 is 1.79 bits per heavy atom. The molecule has 2 fully saturated rings. The van der Waals surface area contributed by atoms with Crippen molar-refractivity contribution in [1.29, 1.82) is 0 Å². The normalized spacial score (nSPS) is 21.8. The standard InChI is InChI=1S/C20H32N4O4S/c1-15(2)22-19(25)16-8-7-11-24(14-16)29(27,28)17-12-18(21-13-17)20(26)23-9-5-3-4-6-10-23/h12-13,15-16,21H,3-11,14H2,1-2H3,(H,22,25). The molecule has 2 aliphatic heterocycles. The van der Waals surface area contributed by atoms with E-state index in [9.17, 15) is 18.0 Å². The van der Waals surface area contributed by atoms with Crippen LogP contribution in [-0.2, 0) is 14.8 Å². The van der Waals surface area contributed by atoms with Gasteiger partial charge in [-0.3, -0.25) is 9.59 Å². The summed E-state index contributed by atoms with van der Waals surface area (Å²) in [6, 6.07) is 1.45. The number of aromatic amines is 1. The smallest absolute Gasteiger partial charge is 0.270 e. The van der Waals surface area contributed by atoms with Gasteiger partial charge in [-0.05, 0) is 45.6 Å². The van der Waals surface area contributed by atoms with Gasteiger partial charge < -0.3 is 15.2 Å². The lowest BCUT2D eigenvalue weighted by Crippen LogP contribution is -2.46. The molecule has 1 atom stereocenters. The van der Waals surface area contributed by atoms with Crippen LogP contribution in [0.15, 0.2) is 17.2 Å². The second-order valence-corrected chi connectivity index (χ2v) is 10.3. The zero-order valence-corrected chi connectivity index (χ0v) is 18.1. The third kappa shape index (κ3) is 5.19. The Hall–Kier alpha value is -1.87. The molecule has 0 aromatic carbocycles. The molecule has 0 bridgehead atoms. The Bertz CT molecular complexity index is 825. The molecule has 2 aliphatic rings. The van der Waals surface area contributed by atoms with Gasteiger partial charge in [-0.2, -0.15) is 4.31 Å². The van der Waals surface area contributed by atoms with E-state index in [1.807, 2.05) is 13.8 Å². The van der Waals surface area contributed by atoms with Crippen molar-refractivity contribution >= 4 is 21.8 Å². The van der Waals surface area contributed by atoms with Crippen LogP contribution in [0, 0.1) is 5.92 Å². The number of carbonyl (C=O) groups is 2. The number of sulfonamides is 1. The lowest BCUT2D eigenvalue weighted by Gasteiger charge is -2.31. The van der Waals surface area contributed by atoms with Crippen LogP contribution >= 0.6 is 0 Å². The molecule has 0 spiro atoms. The van der Waals surface area contributed by atoms with Crippen LogP contribution in [0.5, 0.6) is 0 Å². The molecule has 2 N–H and O–H groups in total. The number of carbonyl (C=O) groups excluding carboxylic acids is 2. The first-order valence-electron chi connectivity index (χ1n) is 10.6. The largest absolute Gasteiger partial charge is 0.356 e. The van der Waals surface area contributed by atoms with E-state index in [1.54, 1.807) is 4.90 Å². The second-order valence-electron chi connectivity index (χ2n) is 8.32. The van der Waals surface area contributed by atoms with Gasteiger partial charge >= 0.3 is 0 Å². The van der Waals surface area contributed by atoms with Crippen molar-refractivity contribution in [3.8, 4) is 0 Å². The van der Waals surface area contributed by atoms with Gasteiger partial charge in [0.05, 0.1) is 5.92 Å². The monoisotopic (exact) mass is 424 g/mol. The number of hydrogen-bond acceptors (Lipinski definition) is 4. The average molecular weight is 425 g/mol. The van der Waals surface area contributed by atoms with Gasteiger partial charge in [0.1, 0.15) is 10.6 Å². The molecule has 29 heavy (non-hydrogen) atoms. The van der Waals surface area contributed by atoms with E-state index >= 15 is 0 Å². The first-order valence-corrected chi connectivity index (χ1v) is 12.0. The second kappa shape index (κ2) is 9.30. The minimum atomic E-state index is -3.76. The minimum Gasteiger partial charge on any atom is -0.356 e. The Kier molecular flexibility index (Phi) is 7.00. The molecule has 2 saturated heterocycles. The fourth-order valence-electron chi connectivity index (χ4n) is 4.02. The highest BCUT2D eigenvalue weighted by molar-refractivity contribution is 7.89. The number of nitrogens with zero attached hydrogens (tertiary/aromatic N) is 2. The number of nitrogens with one attached hydrogen (secondary N) is 2. The highest BCUT2D eigenvalue weighted by Gasteiger charge is 2.34. The maximum atomic E-state index is 13.1. The van der Waals surface area contributed by atoms with Gasteiger partial charge in [-0.1, -0.05) is 12.8 Å². The van der Waals surface area contributed by atoms with Gasteiger partial charge in [0, 0.05) is 38.4 Å². The Morgan fingerprint density at radius 3 is 2.45 bits per heavy atom. The third-order valence-electron chi connectivity index (χ3n) is 5.60. The van der Waals surface area contributed by atoms with Gasteiger partial charge in [-0.25, -0.2) is 8.42 Å². The van der Waals surface area contributed by atoms with Crippen molar-refractivity contribution in [2.45, 2.75) is 63.3 Å². The molecule has 9 heteroatoms. The van der Waals surface area contributed by atoms with Gasteiger partial charge in [0.25, 0.3) is 5.91 Å². The third-order valence-corrected chi connectivity index (χ3v) is 7.45. The van der Waals surface area contributed by atoms with E-state index in [0.717, 1.165) is 25.7 Å². The lowest BCUT2D eigenvalue weighted by atomic mass is 9.98. The molecule has 8 nitrogen and oxygen atoms in total. The van der Waals surface area contributed by atoms with Crippen molar-refractivity contribution in [3.63, 3.8) is 0 Å². The number of amides is 2. The summed E-state index contributed by atoms with van der Waals surface area (Å²) in [5.41, 5.74) is 0.302. The predicted octanol–water partition coefficient (Wildman–Crippen LogP) is 1.96. The summed E-state index contributed by atoms with van der Waals surface area (Å²) in [4.78, 5) is 29.8. The summed E-state index contributed by atoms with van der Waals surface area (Å²) < 4.78 is 27.6. The maximum Gasteiger partial charge on any atom is 0.270 e. The van der Waals surface area contributed by atoms with Crippen molar-refractivity contribution < 1.29 is 18.0 Å². The quantitative estimate of drug-likeness (QED) is 0.754. The van der Waals surface area contributed by atoms with E-state index in [-0.39, 0.29) is 35.2 Å². The first kappa shape index (κ1) is 21.8. The van der Waals surface area contributed by atoms with Crippen LogP contribution in [0.2, 0.25) is 0 Å². The maximum absolute atomic E-state index is 13.1. The van der Waals surface area contributed by atoms with Crippen molar-refractivity contribution in [2.24, 2.45) is 5.92 Å². The van der Waals surface area contributed by atoms with E-state index in [0.29, 0.717) is 38.2 Å². The highest BCUT2D eigenvalue weighted by atomic mass is 32.2. The van der Waals surface area contributed by atoms with Crippen LogP contribution in [0.25, 0.3) is 0 Å². The molecule has 3 rings (SSSR count). The molecule has 2 amide bonds. The summed E-state index contributed by atoms with van der Waals surface area (Å²) in [6.07, 6.45) is 6.90. The van der Waals surface area contributed by atoms with E-state index in [2.05, 4.69) is 10.3 Å². The van der Waals surface area contributed by atoms with E-state index < -0.39 is 10.0 Å². The molecule has 0 radical (unpaired) electrons. The number of likely N-dealkylation sites (tertiary alicyclic amines) is 1. The first-order chi connectivity index (χ1) is 13.8. The van der Waals surface area contributed by atoms with Crippen molar-refractivity contribution in [3.05, 3.63) is 18.0 Å². The van der Waals surface area contributed by atoms with E-state index in [4.69, 9.17) is 0 Å². The Labute approximate surface area is 173 Å². The Balaban J connectivity index is 1.71. The number of hydrogen-bond donors (Lipinski definition) is 2. The minimum absolute atomic E-state index is 0.0201. The highest BCUT2D eigenvalue weighted by Crippen LogP contribution is 2.25. The fraction of sp³-hybridized carbons (Fsp3) is 0.700. The summed E-state index contributed by atoms with van der Waals surface area (Å²) in [5, 5.41) is 2.87. The number of H-pyrrole nitrogens is 1. The molecular formula is C20H32N4O4S. The zero-order valence-electron chi connectivity index (χ0n) is 17.3. The summed E-state index contributed by atoms with van der Waals surface area (Å²) in [5.74, 6) is -0.606. The molecule has 0 aliphatic carbocycles.